The number of aliphatic hydroxyl groups excluding tert-OH is 1. The molecule has 0 bridgehead atoms. The van der Waals surface area contributed by atoms with Crippen molar-refractivity contribution in [1.82, 2.24) is 4.90 Å². The maximum absolute atomic E-state index is 13.1. The van der Waals surface area contributed by atoms with Crippen molar-refractivity contribution in [1.29, 1.82) is 0 Å². The highest BCUT2D eigenvalue weighted by molar-refractivity contribution is 5.98. The molecule has 0 spiro atoms. The van der Waals surface area contributed by atoms with Crippen molar-refractivity contribution in [2.24, 2.45) is 0 Å². The van der Waals surface area contributed by atoms with Crippen molar-refractivity contribution in [3.05, 3.63) is 39.7 Å². The molecule has 1 aliphatic carbocycles. The number of nitrogens with zero attached hydrogens (tertiary/aromatic N) is 2. The molecule has 7 heteroatoms. The lowest BCUT2D eigenvalue weighted by Crippen LogP contribution is -2.46. The minimum Gasteiger partial charge on any atom is -0.391 e. The van der Waals surface area contributed by atoms with E-state index in [2.05, 4.69) is 0 Å². The third kappa shape index (κ3) is 3.18. The molecule has 1 saturated carbocycles. The Morgan fingerprint density at radius 2 is 2.10 bits per heavy atom. The van der Waals surface area contributed by atoms with E-state index in [1.54, 1.807) is 0 Å². The number of carbonyl (C=O) groups excluding carboxylic acids is 1. The van der Waals surface area contributed by atoms with E-state index >= 15 is 0 Å². The summed E-state index contributed by atoms with van der Waals surface area (Å²) in [5.41, 5.74) is -0.723. The van der Waals surface area contributed by atoms with Crippen molar-refractivity contribution in [2.75, 3.05) is 7.05 Å². The van der Waals surface area contributed by atoms with E-state index in [9.17, 15) is 24.4 Å². The van der Waals surface area contributed by atoms with Gasteiger partial charge in [-0.1, -0.05) is 12.8 Å². The molecular weight excluding hydrogens is 279 g/mol. The van der Waals surface area contributed by atoms with Gasteiger partial charge in [-0.05, 0) is 25.0 Å². The fourth-order valence-corrected chi connectivity index (χ4v) is 2.72. The van der Waals surface area contributed by atoms with Crippen molar-refractivity contribution < 1.29 is 19.2 Å². The van der Waals surface area contributed by atoms with E-state index in [1.807, 2.05) is 0 Å². The molecule has 1 aromatic carbocycles. The molecule has 1 amide bonds. The smallest absolute Gasteiger partial charge is 0.285 e. The van der Waals surface area contributed by atoms with Crippen LogP contribution in [0, 0.1) is 15.9 Å². The van der Waals surface area contributed by atoms with Crippen LogP contribution in [0.4, 0.5) is 10.1 Å². The molecule has 1 aromatic rings. The minimum absolute atomic E-state index is 0.165. The number of halogens is 1. The molecule has 0 radical (unpaired) electrons. The normalized spacial score (nSPS) is 21.9. The quantitative estimate of drug-likeness (QED) is 0.684. The van der Waals surface area contributed by atoms with Crippen molar-refractivity contribution in [3.63, 3.8) is 0 Å². The van der Waals surface area contributed by atoms with E-state index in [0.29, 0.717) is 12.8 Å². The predicted octanol–water partition coefficient (Wildman–Crippen LogP) is 2.11. The van der Waals surface area contributed by atoms with Crippen LogP contribution in [0.5, 0.6) is 0 Å². The van der Waals surface area contributed by atoms with Crippen molar-refractivity contribution >= 4 is 11.6 Å². The summed E-state index contributed by atoms with van der Waals surface area (Å²) in [5.74, 6) is -1.34. The first kappa shape index (κ1) is 15.4. The van der Waals surface area contributed by atoms with Gasteiger partial charge in [-0.15, -0.1) is 0 Å². The predicted molar refractivity (Wildman–Crippen MR) is 73.4 cm³/mol. The Morgan fingerprint density at radius 1 is 1.43 bits per heavy atom. The second kappa shape index (κ2) is 6.17. The largest absolute Gasteiger partial charge is 0.391 e. The number of nitro benzene ring substituents is 1. The Bertz CT molecular complexity index is 564. The highest BCUT2D eigenvalue weighted by atomic mass is 19.1. The first-order valence-corrected chi connectivity index (χ1v) is 6.81. The Labute approximate surface area is 121 Å². The molecule has 0 heterocycles. The molecule has 0 aromatic heterocycles. The Morgan fingerprint density at radius 3 is 2.71 bits per heavy atom. The average molecular weight is 296 g/mol. The minimum atomic E-state index is -0.776. The highest BCUT2D eigenvalue weighted by Gasteiger charge is 2.32. The average Bonchev–Trinajstić information content (AvgIpc) is 2.46. The van der Waals surface area contributed by atoms with Crippen LogP contribution in [-0.2, 0) is 0 Å². The van der Waals surface area contributed by atoms with E-state index < -0.39 is 28.4 Å². The lowest BCUT2D eigenvalue weighted by atomic mass is 9.91. The SMILES string of the molecule is CN(C(=O)c1ccc(F)cc1[N+](=O)[O-])C1CCCCC1O. The summed E-state index contributed by atoms with van der Waals surface area (Å²) in [6.07, 6.45) is 2.42. The van der Waals surface area contributed by atoms with Gasteiger partial charge < -0.3 is 10.0 Å². The monoisotopic (exact) mass is 296 g/mol. The summed E-state index contributed by atoms with van der Waals surface area (Å²) in [7, 11) is 1.51. The summed E-state index contributed by atoms with van der Waals surface area (Å²) in [5, 5.41) is 20.9. The zero-order valence-corrected chi connectivity index (χ0v) is 11.7. The van der Waals surface area contributed by atoms with Crippen LogP contribution in [0.2, 0.25) is 0 Å². The number of aliphatic hydroxyl groups is 1. The lowest BCUT2D eigenvalue weighted by Gasteiger charge is -2.35. The maximum atomic E-state index is 13.1. The van der Waals surface area contributed by atoms with Crippen LogP contribution < -0.4 is 0 Å². The number of hydrogen-bond acceptors (Lipinski definition) is 4. The second-order valence-corrected chi connectivity index (χ2v) is 5.25. The zero-order valence-electron chi connectivity index (χ0n) is 11.7. The fraction of sp³-hybridized carbons (Fsp3) is 0.500. The highest BCUT2D eigenvalue weighted by Crippen LogP contribution is 2.26. The third-order valence-electron chi connectivity index (χ3n) is 3.90. The number of rotatable bonds is 3. The molecule has 0 saturated heterocycles. The first-order valence-electron chi connectivity index (χ1n) is 6.81. The molecule has 114 valence electrons. The Balaban J connectivity index is 2.29. The second-order valence-electron chi connectivity index (χ2n) is 5.25. The van der Waals surface area contributed by atoms with Gasteiger partial charge in [0.25, 0.3) is 11.6 Å². The summed E-state index contributed by atoms with van der Waals surface area (Å²) >= 11 is 0. The van der Waals surface area contributed by atoms with Crippen LogP contribution in [-0.4, -0.2) is 40.0 Å². The van der Waals surface area contributed by atoms with E-state index in [1.165, 1.54) is 11.9 Å². The van der Waals surface area contributed by atoms with Gasteiger partial charge in [0.15, 0.2) is 0 Å². The maximum Gasteiger partial charge on any atom is 0.285 e. The molecular formula is C14H17FN2O4. The number of likely N-dealkylation sites (N-methyl/N-ethyl adjacent to an activating group) is 1. The number of carbonyl (C=O) groups is 1. The van der Waals surface area contributed by atoms with Crippen LogP contribution >= 0.6 is 0 Å². The third-order valence-corrected chi connectivity index (χ3v) is 3.90. The van der Waals surface area contributed by atoms with E-state index in [-0.39, 0.29) is 11.6 Å². The topological polar surface area (TPSA) is 83.7 Å². The summed E-state index contributed by atoms with van der Waals surface area (Å²) in [6.45, 7) is 0. The molecule has 1 aliphatic rings. The van der Waals surface area contributed by atoms with Gasteiger partial charge >= 0.3 is 0 Å². The molecule has 2 atom stereocenters. The van der Waals surface area contributed by atoms with Crippen molar-refractivity contribution in [2.45, 2.75) is 37.8 Å². The molecule has 2 rings (SSSR count). The molecule has 1 N–H and O–H groups in total. The number of hydrogen-bond donors (Lipinski definition) is 1. The number of nitro groups is 1. The fourth-order valence-electron chi connectivity index (χ4n) is 2.72. The Hall–Kier alpha value is -2.02. The van der Waals surface area contributed by atoms with Gasteiger partial charge in [0.2, 0.25) is 0 Å². The van der Waals surface area contributed by atoms with Crippen LogP contribution in [0.3, 0.4) is 0 Å². The lowest BCUT2D eigenvalue weighted by molar-refractivity contribution is -0.385. The van der Waals surface area contributed by atoms with Crippen molar-refractivity contribution in [3.8, 4) is 0 Å². The molecule has 21 heavy (non-hydrogen) atoms. The molecule has 0 aliphatic heterocycles. The molecule has 6 nitrogen and oxygen atoms in total. The van der Waals surface area contributed by atoms with Crippen LogP contribution in [0.25, 0.3) is 0 Å². The summed E-state index contributed by atoms with van der Waals surface area (Å²) in [4.78, 5) is 23.9. The zero-order chi connectivity index (χ0) is 15.6. The van der Waals surface area contributed by atoms with Gasteiger partial charge in [0, 0.05) is 7.05 Å². The van der Waals surface area contributed by atoms with Gasteiger partial charge in [-0.3, -0.25) is 14.9 Å². The van der Waals surface area contributed by atoms with Crippen LogP contribution in [0.1, 0.15) is 36.0 Å². The summed E-state index contributed by atoms with van der Waals surface area (Å²) < 4.78 is 13.1. The molecule has 2 unspecified atom stereocenters. The summed E-state index contributed by atoms with van der Waals surface area (Å²) in [6, 6.07) is 2.50. The Kier molecular flexibility index (Phi) is 4.52. The first-order chi connectivity index (χ1) is 9.91. The van der Waals surface area contributed by atoms with Gasteiger partial charge in [-0.2, -0.15) is 0 Å². The van der Waals surface area contributed by atoms with Crippen LogP contribution in [0.15, 0.2) is 18.2 Å². The number of benzene rings is 1. The van der Waals surface area contributed by atoms with Gasteiger partial charge in [-0.25, -0.2) is 4.39 Å². The van der Waals surface area contributed by atoms with E-state index in [0.717, 1.165) is 31.0 Å². The standard InChI is InChI=1S/C14H17FN2O4/c1-16(11-4-2-3-5-13(11)18)14(19)10-7-6-9(15)8-12(10)17(20)21/h6-8,11,13,18H,2-5H2,1H3. The molecule has 1 fully saturated rings. The van der Waals surface area contributed by atoms with Gasteiger partial charge in [0.05, 0.1) is 23.1 Å². The number of amides is 1. The van der Waals surface area contributed by atoms with Gasteiger partial charge in [0.1, 0.15) is 11.4 Å². The van der Waals surface area contributed by atoms with E-state index in [4.69, 9.17) is 0 Å².